The summed E-state index contributed by atoms with van der Waals surface area (Å²) in [6, 6.07) is 13.3. The Morgan fingerprint density at radius 1 is 0.955 bits per heavy atom. The molecule has 0 atom stereocenters. The van der Waals surface area contributed by atoms with Gasteiger partial charge in [0.25, 0.3) is 5.56 Å². The number of imidazole rings is 1. The molecule has 1 aromatic carbocycles. The largest absolute Gasteiger partial charge is 0.338 e. The Hall–Kier alpha value is -3.21. The van der Waals surface area contributed by atoms with Gasteiger partial charge in [-0.2, -0.15) is 0 Å². The van der Waals surface area contributed by atoms with Crippen molar-refractivity contribution >= 4 is 10.9 Å². The minimum atomic E-state index is -0.161. The molecule has 0 aliphatic rings. The molecule has 0 saturated heterocycles. The summed E-state index contributed by atoms with van der Waals surface area (Å²) < 4.78 is 0. The highest BCUT2D eigenvalue weighted by Crippen LogP contribution is 2.21. The first-order chi connectivity index (χ1) is 10.8. The van der Waals surface area contributed by atoms with Crippen LogP contribution >= 0.6 is 0 Å². The lowest BCUT2D eigenvalue weighted by Gasteiger charge is -2.01. The van der Waals surface area contributed by atoms with E-state index in [9.17, 15) is 4.79 Å². The Labute approximate surface area is 125 Å². The van der Waals surface area contributed by atoms with Crippen molar-refractivity contribution in [1.29, 1.82) is 0 Å². The van der Waals surface area contributed by atoms with Gasteiger partial charge in [0.2, 0.25) is 0 Å². The number of nitrogens with one attached hydrogen (secondary N) is 2. The molecule has 0 radical (unpaired) electrons. The molecule has 0 spiro atoms. The molecule has 2 N–H and O–H groups in total. The third kappa shape index (κ3) is 2.09. The van der Waals surface area contributed by atoms with Gasteiger partial charge in [0.05, 0.1) is 17.5 Å². The van der Waals surface area contributed by atoms with Gasteiger partial charge < -0.3 is 9.97 Å². The minimum absolute atomic E-state index is 0.161. The topological polar surface area (TPSA) is 74.4 Å². The number of aromatic amines is 2. The average Bonchev–Trinajstić information content (AvgIpc) is 3.05. The lowest BCUT2D eigenvalue weighted by molar-refractivity contribution is 1.24. The summed E-state index contributed by atoms with van der Waals surface area (Å²) >= 11 is 0. The number of benzene rings is 1. The van der Waals surface area contributed by atoms with Gasteiger partial charge in [-0.25, -0.2) is 4.98 Å². The number of H-pyrrole nitrogens is 2. The summed E-state index contributed by atoms with van der Waals surface area (Å²) in [5.41, 5.74) is 2.93. The van der Waals surface area contributed by atoms with E-state index in [1.165, 1.54) is 0 Å². The molecule has 0 aliphatic heterocycles. The number of para-hydroxylation sites is 1. The van der Waals surface area contributed by atoms with Crippen LogP contribution in [0.15, 0.2) is 65.8 Å². The van der Waals surface area contributed by atoms with E-state index >= 15 is 0 Å². The van der Waals surface area contributed by atoms with Crippen LogP contribution in [-0.4, -0.2) is 19.9 Å². The number of hydrogen-bond donors (Lipinski definition) is 2. The summed E-state index contributed by atoms with van der Waals surface area (Å²) in [6.07, 6.45) is 5.18. The maximum Gasteiger partial charge on any atom is 0.259 e. The van der Waals surface area contributed by atoms with Crippen LogP contribution in [0.2, 0.25) is 0 Å². The molecule has 0 bridgehead atoms. The van der Waals surface area contributed by atoms with Crippen molar-refractivity contribution in [3.63, 3.8) is 0 Å². The molecule has 0 amide bonds. The van der Waals surface area contributed by atoms with Crippen LogP contribution in [-0.2, 0) is 0 Å². The predicted octanol–water partition coefficient (Wildman–Crippen LogP) is 2.98. The summed E-state index contributed by atoms with van der Waals surface area (Å²) in [5, 5.41) is 0.969. The molecule has 4 aromatic rings. The van der Waals surface area contributed by atoms with E-state index in [-0.39, 0.29) is 5.56 Å². The van der Waals surface area contributed by atoms with Crippen molar-refractivity contribution in [2.45, 2.75) is 0 Å². The fraction of sp³-hybridized carbons (Fsp3) is 0. The Kier molecular flexibility index (Phi) is 2.83. The number of rotatable bonds is 2. The zero-order valence-corrected chi connectivity index (χ0v) is 11.6. The molecule has 0 saturated carbocycles. The van der Waals surface area contributed by atoms with Crippen LogP contribution in [0.3, 0.4) is 0 Å². The van der Waals surface area contributed by atoms with Crippen molar-refractivity contribution < 1.29 is 0 Å². The molecular formula is C17H12N4O. The van der Waals surface area contributed by atoms with E-state index in [0.717, 1.165) is 22.2 Å². The number of hydrogen-bond acceptors (Lipinski definition) is 3. The van der Waals surface area contributed by atoms with Gasteiger partial charge in [-0.15, -0.1) is 0 Å². The monoisotopic (exact) mass is 288 g/mol. The molecule has 5 nitrogen and oxygen atoms in total. The lowest BCUT2D eigenvalue weighted by atomic mass is 10.1. The van der Waals surface area contributed by atoms with Crippen molar-refractivity contribution in [1.82, 2.24) is 19.9 Å². The predicted molar refractivity (Wildman–Crippen MR) is 85.4 cm³/mol. The number of aromatic nitrogens is 4. The first-order valence-electron chi connectivity index (χ1n) is 6.89. The first-order valence-corrected chi connectivity index (χ1v) is 6.89. The normalized spacial score (nSPS) is 10.9. The van der Waals surface area contributed by atoms with Crippen LogP contribution in [0.1, 0.15) is 0 Å². The molecule has 5 heteroatoms. The summed E-state index contributed by atoms with van der Waals surface area (Å²) in [4.78, 5) is 26.7. The Morgan fingerprint density at radius 3 is 2.73 bits per heavy atom. The van der Waals surface area contributed by atoms with Gasteiger partial charge in [-0.05, 0) is 29.7 Å². The maximum absolute atomic E-state index is 12.3. The quantitative estimate of drug-likeness (QED) is 0.595. The third-order valence-electron chi connectivity index (χ3n) is 3.56. The van der Waals surface area contributed by atoms with E-state index in [0.29, 0.717) is 11.4 Å². The molecular weight excluding hydrogens is 276 g/mol. The van der Waals surface area contributed by atoms with Crippen LogP contribution in [0.5, 0.6) is 0 Å². The van der Waals surface area contributed by atoms with E-state index in [1.54, 1.807) is 18.6 Å². The van der Waals surface area contributed by atoms with E-state index in [2.05, 4.69) is 19.9 Å². The molecule has 0 aliphatic carbocycles. The average molecular weight is 288 g/mol. The van der Waals surface area contributed by atoms with Gasteiger partial charge in [-0.3, -0.25) is 9.78 Å². The smallest absolute Gasteiger partial charge is 0.259 e. The highest BCUT2D eigenvalue weighted by molar-refractivity contribution is 5.82. The van der Waals surface area contributed by atoms with Crippen LogP contribution < -0.4 is 5.56 Å². The Balaban J connectivity index is 1.84. The first kappa shape index (κ1) is 12.5. The SMILES string of the molecule is O=c1[nH]c2ccccc2cc1-c1ncc(-c2cccnc2)[nH]1. The molecule has 22 heavy (non-hydrogen) atoms. The molecule has 0 unspecified atom stereocenters. The summed E-state index contributed by atoms with van der Waals surface area (Å²) in [6.45, 7) is 0. The molecule has 3 aromatic heterocycles. The second kappa shape index (κ2) is 4.96. The van der Waals surface area contributed by atoms with Gasteiger partial charge in [-0.1, -0.05) is 18.2 Å². The number of fused-ring (bicyclic) bond motifs is 1. The summed E-state index contributed by atoms with van der Waals surface area (Å²) in [7, 11) is 0. The van der Waals surface area contributed by atoms with Gasteiger partial charge >= 0.3 is 0 Å². The fourth-order valence-corrected chi connectivity index (χ4v) is 2.45. The van der Waals surface area contributed by atoms with E-state index in [4.69, 9.17) is 0 Å². The Bertz CT molecular complexity index is 1000. The van der Waals surface area contributed by atoms with Crippen molar-refractivity contribution in [2.75, 3.05) is 0 Å². The molecule has 0 fully saturated rings. The second-order valence-corrected chi connectivity index (χ2v) is 4.99. The molecule has 106 valence electrons. The highest BCUT2D eigenvalue weighted by Gasteiger charge is 2.10. The number of pyridine rings is 2. The maximum atomic E-state index is 12.3. The summed E-state index contributed by atoms with van der Waals surface area (Å²) in [5.74, 6) is 0.547. The second-order valence-electron chi connectivity index (χ2n) is 4.99. The van der Waals surface area contributed by atoms with Crippen molar-refractivity contribution in [2.24, 2.45) is 0 Å². The molecule has 4 rings (SSSR count). The van der Waals surface area contributed by atoms with Gasteiger partial charge in [0, 0.05) is 23.5 Å². The Morgan fingerprint density at radius 2 is 1.86 bits per heavy atom. The lowest BCUT2D eigenvalue weighted by Crippen LogP contribution is -2.09. The van der Waals surface area contributed by atoms with Crippen molar-refractivity contribution in [3.8, 4) is 22.6 Å². The van der Waals surface area contributed by atoms with Crippen LogP contribution in [0, 0.1) is 0 Å². The van der Waals surface area contributed by atoms with Crippen molar-refractivity contribution in [3.05, 3.63) is 71.4 Å². The number of nitrogens with zero attached hydrogens (tertiary/aromatic N) is 2. The van der Waals surface area contributed by atoms with E-state index < -0.39 is 0 Å². The molecule has 3 heterocycles. The highest BCUT2D eigenvalue weighted by atomic mass is 16.1. The van der Waals surface area contributed by atoms with Crippen LogP contribution in [0.4, 0.5) is 0 Å². The van der Waals surface area contributed by atoms with Gasteiger partial charge in [0.1, 0.15) is 5.82 Å². The van der Waals surface area contributed by atoms with Crippen LogP contribution in [0.25, 0.3) is 33.5 Å². The third-order valence-corrected chi connectivity index (χ3v) is 3.56. The zero-order valence-electron chi connectivity index (χ0n) is 11.6. The van der Waals surface area contributed by atoms with E-state index in [1.807, 2.05) is 42.5 Å². The minimum Gasteiger partial charge on any atom is -0.338 e. The zero-order chi connectivity index (χ0) is 14.9. The van der Waals surface area contributed by atoms with Gasteiger partial charge in [0.15, 0.2) is 0 Å². The standard InChI is InChI=1S/C17H12N4O/c22-17-13(8-11-4-1-2-6-14(11)21-17)16-19-10-15(20-16)12-5-3-7-18-9-12/h1-10H,(H,19,20)(H,21,22). The fourth-order valence-electron chi connectivity index (χ4n) is 2.45.